The van der Waals surface area contributed by atoms with Gasteiger partial charge in [0.2, 0.25) is 0 Å². The van der Waals surface area contributed by atoms with Crippen molar-refractivity contribution in [3.63, 3.8) is 0 Å². The highest BCUT2D eigenvalue weighted by Gasteiger charge is 1.92. The summed E-state index contributed by atoms with van der Waals surface area (Å²) < 4.78 is 4.85. The molecule has 0 bridgehead atoms. The Morgan fingerprint density at radius 1 is 0.933 bits per heavy atom. The number of ether oxygens (including phenoxy) is 1. The fourth-order valence-electron chi connectivity index (χ4n) is 0.672. The van der Waals surface area contributed by atoms with Crippen LogP contribution in [-0.2, 0) is 4.74 Å². The number of hydrogen-bond acceptors (Lipinski definition) is 2. The molecule has 0 aliphatic heterocycles. The van der Waals surface area contributed by atoms with Crippen LogP contribution in [0, 0.1) is 0 Å². The van der Waals surface area contributed by atoms with Crippen molar-refractivity contribution >= 4 is 0 Å². The van der Waals surface area contributed by atoms with Crippen LogP contribution in [0.15, 0.2) is 73.3 Å². The first-order valence-electron chi connectivity index (χ1n) is 4.32. The average molecular weight is 204 g/mol. The highest BCUT2D eigenvalue weighted by Crippen LogP contribution is 2.10. The first-order valence-corrected chi connectivity index (χ1v) is 4.32. The lowest BCUT2D eigenvalue weighted by molar-refractivity contribution is 0.309. The van der Waals surface area contributed by atoms with Crippen molar-refractivity contribution in [2.24, 2.45) is 0 Å². The number of allylic oxidation sites excluding steroid dienone is 6. The summed E-state index contributed by atoms with van der Waals surface area (Å²) in [6.07, 6.45) is 6.50. The van der Waals surface area contributed by atoms with Gasteiger partial charge in [-0.1, -0.05) is 38.5 Å². The van der Waals surface area contributed by atoms with E-state index in [0.717, 1.165) is 0 Å². The molecule has 0 atom stereocenters. The number of aliphatic hydroxyl groups is 1. The molecule has 0 spiro atoms. The SMILES string of the molecule is C=C(O)/C=C\C(=C)C(=C)/C=C\C(=C)OC. The van der Waals surface area contributed by atoms with E-state index in [1.54, 1.807) is 25.3 Å². The summed E-state index contributed by atoms with van der Waals surface area (Å²) in [6, 6.07) is 0. The third-order valence-electron chi connectivity index (χ3n) is 1.62. The van der Waals surface area contributed by atoms with Crippen molar-refractivity contribution in [1.82, 2.24) is 0 Å². The molecular weight excluding hydrogens is 188 g/mol. The monoisotopic (exact) mass is 204 g/mol. The van der Waals surface area contributed by atoms with Crippen molar-refractivity contribution in [3.05, 3.63) is 73.3 Å². The van der Waals surface area contributed by atoms with Gasteiger partial charge in [0.1, 0.15) is 11.5 Å². The molecule has 0 aromatic rings. The molecule has 0 aliphatic carbocycles. The van der Waals surface area contributed by atoms with E-state index in [2.05, 4.69) is 26.3 Å². The van der Waals surface area contributed by atoms with Crippen molar-refractivity contribution in [2.75, 3.05) is 7.11 Å². The van der Waals surface area contributed by atoms with Gasteiger partial charge in [-0.3, -0.25) is 0 Å². The third-order valence-corrected chi connectivity index (χ3v) is 1.62. The van der Waals surface area contributed by atoms with Gasteiger partial charge in [0.25, 0.3) is 0 Å². The second kappa shape index (κ2) is 6.49. The van der Waals surface area contributed by atoms with E-state index in [4.69, 9.17) is 9.84 Å². The van der Waals surface area contributed by atoms with Crippen LogP contribution in [0.4, 0.5) is 0 Å². The summed E-state index contributed by atoms with van der Waals surface area (Å²) in [5.41, 5.74) is 1.40. The lowest BCUT2D eigenvalue weighted by Crippen LogP contribution is -1.81. The molecule has 0 amide bonds. The zero-order valence-corrected chi connectivity index (χ0v) is 8.99. The second-order valence-electron chi connectivity index (χ2n) is 2.88. The predicted molar refractivity (Wildman–Crippen MR) is 64.5 cm³/mol. The van der Waals surface area contributed by atoms with Crippen LogP contribution in [0.2, 0.25) is 0 Å². The van der Waals surface area contributed by atoms with Gasteiger partial charge >= 0.3 is 0 Å². The second-order valence-corrected chi connectivity index (χ2v) is 2.88. The number of rotatable bonds is 6. The van der Waals surface area contributed by atoms with Gasteiger partial charge in [0.15, 0.2) is 0 Å². The quantitative estimate of drug-likeness (QED) is 0.530. The molecule has 0 unspecified atom stereocenters. The van der Waals surface area contributed by atoms with Gasteiger partial charge in [0.05, 0.1) is 7.11 Å². The van der Waals surface area contributed by atoms with Gasteiger partial charge in [-0.2, -0.15) is 0 Å². The molecule has 15 heavy (non-hydrogen) atoms. The maximum Gasteiger partial charge on any atom is 0.111 e. The van der Waals surface area contributed by atoms with Crippen LogP contribution in [0.3, 0.4) is 0 Å². The van der Waals surface area contributed by atoms with Crippen molar-refractivity contribution in [1.29, 1.82) is 0 Å². The molecule has 0 radical (unpaired) electrons. The van der Waals surface area contributed by atoms with Crippen LogP contribution in [-0.4, -0.2) is 12.2 Å². The standard InChI is InChI=1S/C13H16O2/c1-10(6-8-12(3)14)11(2)7-9-13(4)15-5/h6-9,14H,1-4H2,5H3/b8-6-,9-7-. The van der Waals surface area contributed by atoms with E-state index in [1.165, 1.54) is 6.08 Å². The lowest BCUT2D eigenvalue weighted by atomic mass is 10.1. The summed E-state index contributed by atoms with van der Waals surface area (Å²) in [5, 5.41) is 8.84. The van der Waals surface area contributed by atoms with Gasteiger partial charge < -0.3 is 9.84 Å². The molecule has 80 valence electrons. The molecule has 2 nitrogen and oxygen atoms in total. The Balaban J connectivity index is 4.35. The Hall–Kier alpha value is -1.96. The van der Waals surface area contributed by atoms with Gasteiger partial charge in [0, 0.05) is 0 Å². The topological polar surface area (TPSA) is 29.5 Å². The van der Waals surface area contributed by atoms with Gasteiger partial charge in [-0.25, -0.2) is 0 Å². The highest BCUT2D eigenvalue weighted by molar-refractivity contribution is 5.44. The zero-order chi connectivity index (χ0) is 11.8. The molecule has 0 rings (SSSR count). The van der Waals surface area contributed by atoms with E-state index in [-0.39, 0.29) is 5.76 Å². The molecule has 0 aromatic carbocycles. The molecule has 0 heterocycles. The minimum atomic E-state index is -0.0192. The largest absolute Gasteiger partial charge is 0.509 e. The molecular formula is C13H16O2. The Kier molecular flexibility index (Phi) is 5.64. The average Bonchev–Trinajstić information content (AvgIpc) is 2.21. The number of aliphatic hydroxyl groups excluding tert-OH is 1. The van der Waals surface area contributed by atoms with Crippen LogP contribution in [0.25, 0.3) is 0 Å². The number of hydrogen-bond donors (Lipinski definition) is 1. The van der Waals surface area contributed by atoms with E-state index >= 15 is 0 Å². The fourth-order valence-corrected chi connectivity index (χ4v) is 0.672. The smallest absolute Gasteiger partial charge is 0.111 e. The van der Waals surface area contributed by atoms with E-state index in [0.29, 0.717) is 16.9 Å². The molecule has 0 aliphatic rings. The first kappa shape index (κ1) is 13.0. The molecule has 0 fully saturated rings. The molecule has 0 aromatic heterocycles. The maximum atomic E-state index is 8.84. The Labute approximate surface area is 90.9 Å². The zero-order valence-electron chi connectivity index (χ0n) is 8.99. The molecule has 0 saturated carbocycles. The van der Waals surface area contributed by atoms with Crippen molar-refractivity contribution in [3.8, 4) is 0 Å². The van der Waals surface area contributed by atoms with Crippen LogP contribution in [0.5, 0.6) is 0 Å². The Morgan fingerprint density at radius 3 is 1.80 bits per heavy atom. The van der Waals surface area contributed by atoms with Crippen LogP contribution >= 0.6 is 0 Å². The summed E-state index contributed by atoms with van der Waals surface area (Å²) in [4.78, 5) is 0. The van der Waals surface area contributed by atoms with E-state index in [9.17, 15) is 0 Å². The normalized spacial score (nSPS) is 10.5. The fraction of sp³-hybridized carbons (Fsp3) is 0.0769. The Bertz CT molecular complexity index is 344. The summed E-state index contributed by atoms with van der Waals surface area (Å²) in [7, 11) is 1.54. The minimum Gasteiger partial charge on any atom is -0.509 e. The molecule has 1 N–H and O–H groups in total. The highest BCUT2D eigenvalue weighted by atomic mass is 16.5. The minimum absolute atomic E-state index is 0.0192. The van der Waals surface area contributed by atoms with Crippen LogP contribution < -0.4 is 0 Å². The Morgan fingerprint density at radius 2 is 1.40 bits per heavy atom. The molecule has 2 heteroatoms. The van der Waals surface area contributed by atoms with Crippen molar-refractivity contribution < 1.29 is 9.84 Å². The van der Waals surface area contributed by atoms with Crippen molar-refractivity contribution in [2.45, 2.75) is 0 Å². The summed E-state index contributed by atoms with van der Waals surface area (Å²) >= 11 is 0. The van der Waals surface area contributed by atoms with E-state index < -0.39 is 0 Å². The lowest BCUT2D eigenvalue weighted by Gasteiger charge is -2.00. The van der Waals surface area contributed by atoms with E-state index in [1.807, 2.05) is 0 Å². The third kappa shape index (κ3) is 6.16. The number of methoxy groups -OCH3 is 1. The summed E-state index contributed by atoms with van der Waals surface area (Å²) in [5.74, 6) is 0.522. The summed E-state index contributed by atoms with van der Waals surface area (Å²) in [6.45, 7) is 14.5. The van der Waals surface area contributed by atoms with Gasteiger partial charge in [-0.05, 0) is 23.3 Å². The predicted octanol–water partition coefficient (Wildman–Crippen LogP) is 3.44. The maximum absolute atomic E-state index is 8.84. The molecule has 0 saturated heterocycles. The van der Waals surface area contributed by atoms with Crippen LogP contribution in [0.1, 0.15) is 0 Å². The van der Waals surface area contributed by atoms with Gasteiger partial charge in [-0.15, -0.1) is 0 Å². The first-order chi connectivity index (χ1) is 6.97.